The Bertz CT molecular complexity index is 732. The molecule has 0 bridgehead atoms. The molecule has 2 atom stereocenters. The van der Waals surface area contributed by atoms with E-state index in [0.29, 0.717) is 6.54 Å². The van der Waals surface area contributed by atoms with E-state index in [2.05, 4.69) is 60.5 Å². The summed E-state index contributed by atoms with van der Waals surface area (Å²) in [6.45, 7) is 5.68. The van der Waals surface area contributed by atoms with Crippen molar-refractivity contribution in [3.63, 3.8) is 0 Å². The molecule has 25 heavy (non-hydrogen) atoms. The van der Waals surface area contributed by atoms with Crippen LogP contribution in [0.15, 0.2) is 54.6 Å². The predicted octanol–water partition coefficient (Wildman–Crippen LogP) is 3.61. The molecule has 0 aliphatic carbocycles. The molecule has 1 heterocycles. The van der Waals surface area contributed by atoms with Gasteiger partial charge in [0, 0.05) is 24.8 Å². The summed E-state index contributed by atoms with van der Waals surface area (Å²) in [7, 11) is 1.46. The Morgan fingerprint density at radius 3 is 2.68 bits per heavy atom. The lowest BCUT2D eigenvalue weighted by atomic mass is 9.95. The van der Waals surface area contributed by atoms with Crippen LogP contribution in [0.3, 0.4) is 0 Å². The summed E-state index contributed by atoms with van der Waals surface area (Å²) in [5.74, 6) is -0.198. The van der Waals surface area contributed by atoms with Crippen molar-refractivity contribution in [3.8, 4) is 0 Å². The van der Waals surface area contributed by atoms with Crippen molar-refractivity contribution in [2.45, 2.75) is 38.4 Å². The Morgan fingerprint density at radius 1 is 1.24 bits per heavy atom. The summed E-state index contributed by atoms with van der Waals surface area (Å²) < 4.78 is 5.16. The van der Waals surface area contributed by atoms with Gasteiger partial charge in [-0.2, -0.15) is 0 Å². The first-order valence-electron chi connectivity index (χ1n) is 8.74. The molecule has 1 saturated heterocycles. The molecule has 2 aromatic carbocycles. The molecule has 1 aliphatic rings. The molecule has 2 unspecified atom stereocenters. The lowest BCUT2D eigenvalue weighted by Gasteiger charge is -2.29. The van der Waals surface area contributed by atoms with Gasteiger partial charge in [-0.3, -0.25) is 4.90 Å². The Balaban J connectivity index is 1.83. The van der Waals surface area contributed by atoms with Crippen molar-refractivity contribution < 1.29 is 9.53 Å². The van der Waals surface area contributed by atoms with Crippen molar-refractivity contribution >= 4 is 11.7 Å². The SMILES string of the molecule is COC(=O)C1(Nc2cccc(C)c2)CC(C)N(Cc2ccccc2)C1. The number of esters is 1. The normalized spacial score (nSPS) is 23.4. The molecule has 0 aromatic heterocycles. The fourth-order valence-electron chi connectivity index (χ4n) is 3.71. The molecular weight excluding hydrogens is 312 g/mol. The molecule has 0 radical (unpaired) electrons. The van der Waals surface area contributed by atoms with Crippen LogP contribution in [0.25, 0.3) is 0 Å². The Hall–Kier alpha value is -2.33. The standard InChI is InChI=1S/C21H26N2O2/c1-16-8-7-11-19(12-16)22-21(20(24)25-3)13-17(2)23(15-21)14-18-9-5-4-6-10-18/h4-12,17,22H,13-15H2,1-3H3. The number of carbonyl (C=O) groups excluding carboxylic acids is 1. The van der Waals surface area contributed by atoms with Gasteiger partial charge in [0.15, 0.2) is 0 Å². The maximum atomic E-state index is 12.7. The van der Waals surface area contributed by atoms with Gasteiger partial charge in [-0.15, -0.1) is 0 Å². The van der Waals surface area contributed by atoms with E-state index in [0.717, 1.165) is 24.2 Å². The van der Waals surface area contributed by atoms with E-state index in [-0.39, 0.29) is 12.0 Å². The van der Waals surface area contributed by atoms with E-state index in [1.165, 1.54) is 12.7 Å². The van der Waals surface area contributed by atoms with Crippen LogP contribution >= 0.6 is 0 Å². The zero-order valence-corrected chi connectivity index (χ0v) is 15.2. The largest absolute Gasteiger partial charge is 0.467 e. The summed E-state index contributed by atoms with van der Waals surface area (Å²) in [6, 6.07) is 18.8. The highest BCUT2D eigenvalue weighted by Gasteiger charge is 2.49. The minimum absolute atomic E-state index is 0.198. The zero-order chi connectivity index (χ0) is 17.9. The van der Waals surface area contributed by atoms with Gasteiger partial charge in [-0.25, -0.2) is 4.79 Å². The molecule has 1 N–H and O–H groups in total. The molecule has 0 amide bonds. The van der Waals surface area contributed by atoms with Crippen molar-refractivity contribution in [1.82, 2.24) is 4.90 Å². The predicted molar refractivity (Wildman–Crippen MR) is 100 cm³/mol. The van der Waals surface area contributed by atoms with Crippen LogP contribution in [0.5, 0.6) is 0 Å². The average molecular weight is 338 g/mol. The molecule has 4 nitrogen and oxygen atoms in total. The maximum absolute atomic E-state index is 12.7. The number of aryl methyl sites for hydroxylation is 1. The summed E-state index contributed by atoms with van der Waals surface area (Å²) in [5, 5.41) is 3.48. The highest BCUT2D eigenvalue weighted by atomic mass is 16.5. The lowest BCUT2D eigenvalue weighted by molar-refractivity contribution is -0.145. The zero-order valence-electron chi connectivity index (χ0n) is 15.2. The molecule has 1 fully saturated rings. The van der Waals surface area contributed by atoms with Crippen molar-refractivity contribution in [2.24, 2.45) is 0 Å². The van der Waals surface area contributed by atoms with Crippen LogP contribution in [0.2, 0.25) is 0 Å². The number of carbonyl (C=O) groups is 1. The summed E-state index contributed by atoms with van der Waals surface area (Å²) in [6.07, 6.45) is 0.723. The number of anilines is 1. The summed E-state index contributed by atoms with van der Waals surface area (Å²) >= 11 is 0. The minimum atomic E-state index is -0.712. The van der Waals surface area contributed by atoms with Gasteiger partial charge in [-0.05, 0) is 43.5 Å². The number of rotatable bonds is 5. The smallest absolute Gasteiger partial charge is 0.332 e. The number of nitrogens with zero attached hydrogens (tertiary/aromatic N) is 1. The quantitative estimate of drug-likeness (QED) is 0.846. The number of nitrogens with one attached hydrogen (secondary N) is 1. The fraction of sp³-hybridized carbons (Fsp3) is 0.381. The lowest BCUT2D eigenvalue weighted by Crippen LogP contribution is -2.49. The molecule has 0 saturated carbocycles. The molecule has 0 spiro atoms. The number of ether oxygens (including phenoxy) is 1. The van der Waals surface area contributed by atoms with Crippen molar-refractivity contribution in [3.05, 3.63) is 65.7 Å². The second-order valence-corrected chi connectivity index (χ2v) is 7.01. The van der Waals surface area contributed by atoms with E-state index >= 15 is 0 Å². The van der Waals surface area contributed by atoms with Crippen LogP contribution in [0.1, 0.15) is 24.5 Å². The third-order valence-electron chi connectivity index (χ3n) is 4.95. The van der Waals surface area contributed by atoms with Gasteiger partial charge in [0.05, 0.1) is 7.11 Å². The molecular formula is C21H26N2O2. The number of likely N-dealkylation sites (tertiary alicyclic amines) is 1. The van der Waals surface area contributed by atoms with Crippen LogP contribution in [-0.2, 0) is 16.1 Å². The summed E-state index contributed by atoms with van der Waals surface area (Å²) in [5.41, 5.74) is 2.67. The van der Waals surface area contributed by atoms with Gasteiger partial charge in [-0.1, -0.05) is 42.5 Å². The second-order valence-electron chi connectivity index (χ2n) is 7.01. The number of hydrogen-bond donors (Lipinski definition) is 1. The number of methoxy groups -OCH3 is 1. The molecule has 3 rings (SSSR count). The Kier molecular flexibility index (Phi) is 5.09. The van der Waals surface area contributed by atoms with Crippen LogP contribution in [0, 0.1) is 6.92 Å². The van der Waals surface area contributed by atoms with Crippen molar-refractivity contribution in [1.29, 1.82) is 0 Å². The second kappa shape index (κ2) is 7.28. The first-order chi connectivity index (χ1) is 12.0. The van der Waals surface area contributed by atoms with E-state index < -0.39 is 5.54 Å². The van der Waals surface area contributed by atoms with Crippen molar-refractivity contribution in [2.75, 3.05) is 19.0 Å². The Labute approximate surface area is 149 Å². The monoisotopic (exact) mass is 338 g/mol. The topological polar surface area (TPSA) is 41.6 Å². The number of benzene rings is 2. The number of hydrogen-bond acceptors (Lipinski definition) is 4. The van der Waals surface area contributed by atoms with Gasteiger partial charge >= 0.3 is 5.97 Å². The van der Waals surface area contributed by atoms with Gasteiger partial charge in [0.2, 0.25) is 0 Å². The maximum Gasteiger partial charge on any atom is 0.332 e. The summed E-state index contributed by atoms with van der Waals surface area (Å²) in [4.78, 5) is 15.0. The highest BCUT2D eigenvalue weighted by Crippen LogP contribution is 2.33. The molecule has 2 aromatic rings. The highest BCUT2D eigenvalue weighted by molar-refractivity contribution is 5.85. The first kappa shape index (κ1) is 17.5. The minimum Gasteiger partial charge on any atom is -0.467 e. The van der Waals surface area contributed by atoms with E-state index in [1.807, 2.05) is 18.2 Å². The third kappa shape index (κ3) is 3.85. The van der Waals surface area contributed by atoms with E-state index in [9.17, 15) is 4.79 Å². The van der Waals surface area contributed by atoms with Crippen LogP contribution < -0.4 is 5.32 Å². The molecule has 1 aliphatic heterocycles. The fourth-order valence-corrected chi connectivity index (χ4v) is 3.71. The Morgan fingerprint density at radius 2 is 2.00 bits per heavy atom. The third-order valence-corrected chi connectivity index (χ3v) is 4.95. The van der Waals surface area contributed by atoms with E-state index in [4.69, 9.17) is 4.74 Å². The van der Waals surface area contributed by atoms with Crippen LogP contribution in [-0.4, -0.2) is 36.1 Å². The van der Waals surface area contributed by atoms with Crippen LogP contribution in [0.4, 0.5) is 5.69 Å². The van der Waals surface area contributed by atoms with Gasteiger partial charge in [0.1, 0.15) is 5.54 Å². The molecule has 132 valence electrons. The van der Waals surface area contributed by atoms with E-state index in [1.54, 1.807) is 0 Å². The molecule has 4 heteroatoms. The van der Waals surface area contributed by atoms with Gasteiger partial charge in [0.25, 0.3) is 0 Å². The van der Waals surface area contributed by atoms with Gasteiger partial charge < -0.3 is 10.1 Å². The average Bonchev–Trinajstić information content (AvgIpc) is 2.91. The first-order valence-corrected chi connectivity index (χ1v) is 8.74.